The molecule has 6 N–H and O–H groups in total. The average Bonchev–Trinajstić information content (AvgIpc) is 2.13. The standard InChI is InChI=1S/C8H11N7/c1-4-5(2-9)7(13-3-6(10)11)15-8(12)14-4/h3H2,1H3,(H3,10,11)(H3,12,13,14,15). The van der Waals surface area contributed by atoms with E-state index in [0.717, 1.165) is 0 Å². The normalized spacial score (nSPS) is 9.33. The zero-order chi connectivity index (χ0) is 11.4. The first-order valence-electron chi connectivity index (χ1n) is 4.15. The van der Waals surface area contributed by atoms with Gasteiger partial charge in [0.15, 0.2) is 0 Å². The smallest absolute Gasteiger partial charge is 0.222 e. The van der Waals surface area contributed by atoms with E-state index in [1.54, 1.807) is 6.92 Å². The van der Waals surface area contributed by atoms with E-state index in [1.165, 1.54) is 0 Å². The molecule has 0 aliphatic rings. The molecular formula is C8H11N7. The number of aryl methyl sites for hydroxylation is 1. The number of nitrogens with zero attached hydrogens (tertiary/aromatic N) is 3. The summed E-state index contributed by atoms with van der Waals surface area (Å²) in [5.41, 5.74) is 11.4. The molecule has 7 heteroatoms. The molecule has 0 saturated heterocycles. The van der Waals surface area contributed by atoms with E-state index in [-0.39, 0.29) is 18.3 Å². The highest BCUT2D eigenvalue weighted by molar-refractivity contribution is 5.81. The predicted molar refractivity (Wildman–Crippen MR) is 56.3 cm³/mol. The van der Waals surface area contributed by atoms with Crippen molar-refractivity contribution in [1.29, 1.82) is 10.7 Å². The second kappa shape index (κ2) is 4.23. The number of hydrogen-bond donors (Lipinski definition) is 4. The van der Waals surface area contributed by atoms with Gasteiger partial charge < -0.3 is 16.8 Å². The van der Waals surface area contributed by atoms with Gasteiger partial charge >= 0.3 is 0 Å². The molecule has 1 aromatic rings. The van der Waals surface area contributed by atoms with E-state index in [0.29, 0.717) is 17.1 Å². The molecule has 15 heavy (non-hydrogen) atoms. The number of nitrogens with one attached hydrogen (secondary N) is 2. The molecule has 1 rings (SSSR count). The van der Waals surface area contributed by atoms with E-state index in [1.807, 2.05) is 6.07 Å². The van der Waals surface area contributed by atoms with Gasteiger partial charge in [0.2, 0.25) is 5.95 Å². The van der Waals surface area contributed by atoms with E-state index in [2.05, 4.69) is 15.3 Å². The SMILES string of the molecule is Cc1nc(N)nc(NCC(=N)N)c1C#N. The van der Waals surface area contributed by atoms with Crippen molar-refractivity contribution in [3.8, 4) is 6.07 Å². The number of nitrogens with two attached hydrogens (primary N) is 2. The van der Waals surface area contributed by atoms with Crippen LogP contribution in [-0.4, -0.2) is 22.3 Å². The Balaban J connectivity index is 3.05. The Morgan fingerprint density at radius 1 is 1.60 bits per heavy atom. The Morgan fingerprint density at radius 2 is 2.27 bits per heavy atom. The van der Waals surface area contributed by atoms with Gasteiger partial charge in [-0.1, -0.05) is 0 Å². The maximum absolute atomic E-state index is 8.86. The number of anilines is 2. The van der Waals surface area contributed by atoms with E-state index in [4.69, 9.17) is 22.1 Å². The van der Waals surface area contributed by atoms with Gasteiger partial charge in [0, 0.05) is 0 Å². The number of hydrogen-bond acceptors (Lipinski definition) is 6. The second-order valence-electron chi connectivity index (χ2n) is 2.88. The maximum Gasteiger partial charge on any atom is 0.222 e. The van der Waals surface area contributed by atoms with Crippen molar-refractivity contribution in [2.45, 2.75) is 6.92 Å². The molecule has 0 aromatic carbocycles. The monoisotopic (exact) mass is 205 g/mol. The maximum atomic E-state index is 8.86. The van der Waals surface area contributed by atoms with Crippen LogP contribution in [0.15, 0.2) is 0 Å². The van der Waals surface area contributed by atoms with Crippen molar-refractivity contribution >= 4 is 17.6 Å². The first kappa shape index (κ1) is 10.7. The van der Waals surface area contributed by atoms with Crippen LogP contribution in [0.3, 0.4) is 0 Å². The quantitative estimate of drug-likeness (QED) is 0.391. The summed E-state index contributed by atoms with van der Waals surface area (Å²) in [7, 11) is 0. The fourth-order valence-electron chi connectivity index (χ4n) is 1.04. The van der Waals surface area contributed by atoms with Crippen molar-refractivity contribution in [1.82, 2.24) is 9.97 Å². The minimum atomic E-state index is -0.0475. The van der Waals surface area contributed by atoms with Crippen molar-refractivity contribution in [3.05, 3.63) is 11.3 Å². The molecule has 0 amide bonds. The number of rotatable bonds is 3. The number of nitriles is 1. The molecular weight excluding hydrogens is 194 g/mol. The molecule has 7 nitrogen and oxygen atoms in total. The lowest BCUT2D eigenvalue weighted by Crippen LogP contribution is -2.22. The minimum Gasteiger partial charge on any atom is -0.386 e. The van der Waals surface area contributed by atoms with Crippen LogP contribution in [0.25, 0.3) is 0 Å². The van der Waals surface area contributed by atoms with Crippen LogP contribution in [0.2, 0.25) is 0 Å². The largest absolute Gasteiger partial charge is 0.386 e. The lowest BCUT2D eigenvalue weighted by Gasteiger charge is -2.08. The van der Waals surface area contributed by atoms with Gasteiger partial charge in [0.05, 0.1) is 12.2 Å². The first-order chi connectivity index (χ1) is 7.04. The Hall–Kier alpha value is -2.36. The fourth-order valence-corrected chi connectivity index (χ4v) is 1.04. The molecule has 0 atom stereocenters. The zero-order valence-corrected chi connectivity index (χ0v) is 8.20. The molecule has 78 valence electrons. The highest BCUT2D eigenvalue weighted by Crippen LogP contribution is 2.15. The predicted octanol–water partition coefficient (Wildman–Crippen LogP) is -0.413. The van der Waals surface area contributed by atoms with Crippen LogP contribution in [0.1, 0.15) is 11.3 Å². The summed E-state index contributed by atoms with van der Waals surface area (Å²) < 4.78 is 0. The Kier molecular flexibility index (Phi) is 3.03. The summed E-state index contributed by atoms with van der Waals surface area (Å²) in [6.07, 6.45) is 0. The van der Waals surface area contributed by atoms with Gasteiger partial charge in [-0.05, 0) is 6.92 Å². The van der Waals surface area contributed by atoms with Crippen LogP contribution in [0.4, 0.5) is 11.8 Å². The zero-order valence-electron chi connectivity index (χ0n) is 8.20. The van der Waals surface area contributed by atoms with Gasteiger partial charge in [-0.25, -0.2) is 4.98 Å². The van der Waals surface area contributed by atoms with Gasteiger partial charge in [-0.15, -0.1) is 0 Å². The van der Waals surface area contributed by atoms with E-state index in [9.17, 15) is 0 Å². The Morgan fingerprint density at radius 3 is 2.80 bits per heavy atom. The third kappa shape index (κ3) is 2.54. The van der Waals surface area contributed by atoms with Crippen molar-refractivity contribution in [2.75, 3.05) is 17.6 Å². The van der Waals surface area contributed by atoms with Gasteiger partial charge in [-0.3, -0.25) is 5.41 Å². The first-order valence-corrected chi connectivity index (χ1v) is 4.15. The van der Waals surface area contributed by atoms with E-state index < -0.39 is 0 Å². The molecule has 0 bridgehead atoms. The average molecular weight is 205 g/mol. The Bertz CT molecular complexity index is 431. The molecule has 0 spiro atoms. The highest BCUT2D eigenvalue weighted by atomic mass is 15.1. The van der Waals surface area contributed by atoms with Gasteiger partial charge in [0.1, 0.15) is 23.3 Å². The molecule has 0 saturated carbocycles. The Labute approximate surface area is 86.6 Å². The fraction of sp³-hybridized carbons (Fsp3) is 0.250. The third-order valence-corrected chi connectivity index (χ3v) is 1.67. The van der Waals surface area contributed by atoms with Crippen LogP contribution in [0.5, 0.6) is 0 Å². The van der Waals surface area contributed by atoms with Gasteiger partial charge in [-0.2, -0.15) is 10.2 Å². The summed E-state index contributed by atoms with van der Waals surface area (Å²) in [5, 5.41) is 18.6. The summed E-state index contributed by atoms with van der Waals surface area (Å²) in [6, 6.07) is 1.96. The minimum absolute atomic E-state index is 0.0475. The molecule has 1 heterocycles. The van der Waals surface area contributed by atoms with Crippen molar-refractivity contribution in [3.63, 3.8) is 0 Å². The number of nitrogen functional groups attached to an aromatic ring is 1. The number of aromatic nitrogens is 2. The second-order valence-corrected chi connectivity index (χ2v) is 2.88. The lowest BCUT2D eigenvalue weighted by molar-refractivity contribution is 1.09. The highest BCUT2D eigenvalue weighted by Gasteiger charge is 2.09. The summed E-state index contributed by atoms with van der Waals surface area (Å²) in [4.78, 5) is 7.71. The van der Waals surface area contributed by atoms with E-state index >= 15 is 0 Å². The van der Waals surface area contributed by atoms with Crippen LogP contribution >= 0.6 is 0 Å². The summed E-state index contributed by atoms with van der Waals surface area (Å²) in [6.45, 7) is 1.78. The van der Waals surface area contributed by atoms with Crippen molar-refractivity contribution < 1.29 is 0 Å². The molecule has 0 aliphatic carbocycles. The van der Waals surface area contributed by atoms with Crippen LogP contribution < -0.4 is 16.8 Å². The van der Waals surface area contributed by atoms with Crippen LogP contribution in [-0.2, 0) is 0 Å². The van der Waals surface area contributed by atoms with Gasteiger partial charge in [0.25, 0.3) is 0 Å². The topological polar surface area (TPSA) is 137 Å². The van der Waals surface area contributed by atoms with Crippen LogP contribution in [0, 0.1) is 23.7 Å². The molecule has 1 aromatic heterocycles. The van der Waals surface area contributed by atoms with Crippen molar-refractivity contribution in [2.24, 2.45) is 5.73 Å². The molecule has 0 fully saturated rings. The lowest BCUT2D eigenvalue weighted by atomic mass is 10.2. The summed E-state index contributed by atoms with van der Waals surface area (Å²) in [5.74, 6) is 0.337. The molecule has 0 radical (unpaired) electrons. The molecule has 0 aliphatic heterocycles. The molecule has 0 unspecified atom stereocenters. The number of amidine groups is 1. The third-order valence-electron chi connectivity index (χ3n) is 1.67. The summed E-state index contributed by atoms with van der Waals surface area (Å²) >= 11 is 0.